The molecule has 0 bridgehead atoms. The monoisotopic (exact) mass is 816 g/mol. The molecule has 0 unspecified atom stereocenters. The van der Waals surface area contributed by atoms with E-state index in [4.69, 9.17) is 4.98 Å². The van der Waals surface area contributed by atoms with Crippen LogP contribution >= 0.6 is 0 Å². The van der Waals surface area contributed by atoms with Crippen molar-refractivity contribution < 1.29 is 30.7 Å². The first kappa shape index (κ1) is 34.9. The summed E-state index contributed by atoms with van der Waals surface area (Å²) in [5, 5.41) is 15.3. The number of nitrogens with zero attached hydrogens (tertiary/aromatic N) is 2. The third-order valence-electron chi connectivity index (χ3n) is 8.45. The molecule has 8 aromatic rings. The summed E-state index contributed by atoms with van der Waals surface area (Å²) in [6.45, 7) is 2.14. The summed E-state index contributed by atoms with van der Waals surface area (Å²) in [4.78, 5) is 4.70. The number of aromatic nitrogens is 2. The van der Waals surface area contributed by atoms with Gasteiger partial charge in [0.15, 0.2) is 11.9 Å². The van der Waals surface area contributed by atoms with Gasteiger partial charge in [0.05, 0.1) is 0 Å². The van der Waals surface area contributed by atoms with Gasteiger partial charge in [-0.2, -0.15) is 0 Å². The summed E-state index contributed by atoms with van der Waals surface area (Å²) in [5.74, 6) is 0.333. The first-order valence-electron chi connectivity index (χ1n) is 15.8. The van der Waals surface area contributed by atoms with Crippen molar-refractivity contribution in [2.75, 3.05) is 0 Å². The van der Waals surface area contributed by atoms with Gasteiger partial charge >= 0.3 is 21.1 Å². The SMILES string of the molecule is Cc1cc(-c2nccc3ccccc23)[c-]c(-c2c3ccccc3cc[n+]2C)c1.Oc1c(-c2ccccc2)cccc1-c1ccccc1.[CH3-].[Pt+2]. The van der Waals surface area contributed by atoms with Crippen LogP contribution in [0.15, 0.2) is 164 Å². The average molecular weight is 817 g/mol. The minimum absolute atomic E-state index is 0. The van der Waals surface area contributed by atoms with Crippen molar-refractivity contribution in [2.45, 2.75) is 6.92 Å². The second kappa shape index (κ2) is 15.7. The van der Waals surface area contributed by atoms with E-state index in [0.29, 0.717) is 5.75 Å². The number of benzene rings is 6. The molecule has 49 heavy (non-hydrogen) atoms. The first-order chi connectivity index (χ1) is 23.1. The third-order valence-corrected chi connectivity index (χ3v) is 8.45. The summed E-state index contributed by atoms with van der Waals surface area (Å²) < 4.78 is 2.17. The quantitative estimate of drug-likeness (QED) is 0.142. The molecule has 0 aliphatic carbocycles. The number of rotatable bonds is 4. The molecule has 0 amide bonds. The molecular weight excluding hydrogens is 780 g/mol. The molecule has 3 nitrogen and oxygen atoms in total. The molecule has 4 heteroatoms. The Balaban J connectivity index is 0.000000196. The Hall–Kier alpha value is -5.37. The van der Waals surface area contributed by atoms with Crippen molar-refractivity contribution in [3.8, 4) is 50.5 Å². The molecule has 0 spiro atoms. The molecule has 0 saturated heterocycles. The Morgan fingerprint density at radius 1 is 0.592 bits per heavy atom. The minimum atomic E-state index is 0. The van der Waals surface area contributed by atoms with Gasteiger partial charge in [-0.15, -0.1) is 23.8 Å². The van der Waals surface area contributed by atoms with Crippen LogP contribution in [0.4, 0.5) is 0 Å². The predicted molar refractivity (Wildman–Crippen MR) is 200 cm³/mol. The van der Waals surface area contributed by atoms with Crippen LogP contribution in [0.25, 0.3) is 66.3 Å². The molecule has 0 atom stereocenters. The van der Waals surface area contributed by atoms with E-state index in [-0.39, 0.29) is 28.5 Å². The van der Waals surface area contributed by atoms with Crippen molar-refractivity contribution in [3.63, 3.8) is 0 Å². The van der Waals surface area contributed by atoms with Crippen molar-refractivity contribution in [3.05, 3.63) is 183 Å². The Morgan fingerprint density at radius 2 is 1.12 bits per heavy atom. The van der Waals surface area contributed by atoms with E-state index < -0.39 is 0 Å². The number of pyridine rings is 2. The number of aromatic hydroxyl groups is 1. The van der Waals surface area contributed by atoms with Gasteiger partial charge in [0.1, 0.15) is 12.8 Å². The number of hydrogen-bond donors (Lipinski definition) is 1. The van der Waals surface area contributed by atoms with Gasteiger partial charge in [0.2, 0.25) is 0 Å². The van der Waals surface area contributed by atoms with E-state index in [1.807, 2.05) is 85.1 Å². The van der Waals surface area contributed by atoms with Crippen molar-refractivity contribution in [2.24, 2.45) is 7.05 Å². The maximum absolute atomic E-state index is 10.5. The van der Waals surface area contributed by atoms with Crippen LogP contribution in [-0.2, 0) is 28.1 Å². The second-order valence-electron chi connectivity index (χ2n) is 11.7. The molecule has 6 aromatic carbocycles. The molecule has 0 radical (unpaired) electrons. The van der Waals surface area contributed by atoms with E-state index in [0.717, 1.165) is 44.5 Å². The number of aryl methyl sites for hydroxylation is 2. The average Bonchev–Trinajstić information content (AvgIpc) is 3.12. The zero-order valence-electron chi connectivity index (χ0n) is 27.7. The molecule has 242 valence electrons. The van der Waals surface area contributed by atoms with Gasteiger partial charge in [-0.05, 0) is 33.4 Å². The number of phenolic OH excluding ortho intramolecular Hbond substituents is 1. The molecule has 0 fully saturated rings. The molecule has 0 aliphatic rings. The van der Waals surface area contributed by atoms with Crippen LogP contribution in [0.3, 0.4) is 0 Å². The Morgan fingerprint density at radius 3 is 1.76 bits per heavy atom. The minimum Gasteiger partial charge on any atom is -0.507 e. The van der Waals surface area contributed by atoms with Gasteiger partial charge in [-0.1, -0.05) is 145 Å². The van der Waals surface area contributed by atoms with Crippen LogP contribution < -0.4 is 4.57 Å². The topological polar surface area (TPSA) is 37.0 Å². The Labute approximate surface area is 303 Å². The summed E-state index contributed by atoms with van der Waals surface area (Å²) in [6.07, 6.45) is 4.00. The fraction of sp³-hybridized carbons (Fsp3) is 0.0444. The van der Waals surface area contributed by atoms with Gasteiger partial charge in [0.25, 0.3) is 0 Å². The molecule has 1 N–H and O–H groups in total. The predicted octanol–water partition coefficient (Wildman–Crippen LogP) is 10.8. The smallest absolute Gasteiger partial charge is 0.507 e. The fourth-order valence-electron chi connectivity index (χ4n) is 6.20. The molecule has 8 rings (SSSR count). The van der Waals surface area contributed by atoms with Gasteiger partial charge in [-0.25, -0.2) is 4.57 Å². The number of para-hydroxylation sites is 1. The van der Waals surface area contributed by atoms with E-state index in [2.05, 4.69) is 104 Å². The standard InChI is InChI=1S/C26H20N2.C18H14O.CH3.Pt/c1-18-15-21(25-23-9-5-3-7-19(23)11-13-27-25)17-22(16-18)26-24-10-6-4-8-20(24)12-14-28(26)2;19-18-16(14-8-3-1-4-9-14)12-7-13-17(18)15-10-5-2-6-11-15;;/h3-16H,1-2H3;1-13,19H;1H3;/q;;-1;+2. The van der Waals surface area contributed by atoms with E-state index in [9.17, 15) is 5.11 Å². The van der Waals surface area contributed by atoms with E-state index in [1.54, 1.807) is 0 Å². The Bertz CT molecular complexity index is 2270. The number of fused-ring (bicyclic) bond motifs is 2. The zero-order chi connectivity index (χ0) is 32.2. The van der Waals surface area contributed by atoms with Crippen molar-refractivity contribution in [1.82, 2.24) is 4.98 Å². The van der Waals surface area contributed by atoms with Gasteiger partial charge in [0, 0.05) is 34.5 Å². The molecule has 0 aliphatic heterocycles. The molecular formula is C45H37N2OPt+. The summed E-state index contributed by atoms with van der Waals surface area (Å²) in [7, 11) is 2.09. The second-order valence-corrected chi connectivity index (χ2v) is 11.7. The van der Waals surface area contributed by atoms with Crippen LogP contribution in [0.1, 0.15) is 5.56 Å². The third kappa shape index (κ3) is 7.38. The van der Waals surface area contributed by atoms with Gasteiger partial charge in [-0.3, -0.25) is 4.98 Å². The molecule has 2 aromatic heterocycles. The first-order valence-corrected chi connectivity index (χ1v) is 15.8. The largest absolute Gasteiger partial charge is 2.00 e. The maximum atomic E-state index is 10.5. The van der Waals surface area contributed by atoms with Crippen LogP contribution in [0.5, 0.6) is 5.75 Å². The van der Waals surface area contributed by atoms with Crippen LogP contribution in [-0.4, -0.2) is 10.1 Å². The number of hydrogen-bond acceptors (Lipinski definition) is 2. The van der Waals surface area contributed by atoms with Crippen LogP contribution in [0, 0.1) is 20.4 Å². The van der Waals surface area contributed by atoms with Crippen molar-refractivity contribution in [1.29, 1.82) is 0 Å². The van der Waals surface area contributed by atoms with E-state index >= 15 is 0 Å². The fourth-order valence-corrected chi connectivity index (χ4v) is 6.20. The van der Waals surface area contributed by atoms with E-state index in [1.165, 1.54) is 27.4 Å². The summed E-state index contributed by atoms with van der Waals surface area (Å²) >= 11 is 0. The molecule has 2 heterocycles. The summed E-state index contributed by atoms with van der Waals surface area (Å²) in [6, 6.07) is 54.9. The van der Waals surface area contributed by atoms with Crippen molar-refractivity contribution >= 4 is 21.5 Å². The maximum Gasteiger partial charge on any atom is 2.00 e. The molecule has 0 saturated carbocycles. The van der Waals surface area contributed by atoms with Crippen LogP contribution in [0.2, 0.25) is 0 Å². The summed E-state index contributed by atoms with van der Waals surface area (Å²) in [5.41, 5.74) is 9.24. The number of phenols is 1. The zero-order valence-corrected chi connectivity index (χ0v) is 30.0. The normalized spacial score (nSPS) is 10.4. The van der Waals surface area contributed by atoms with Gasteiger partial charge < -0.3 is 12.5 Å². The Kier molecular flexibility index (Phi) is 11.2.